The highest BCUT2D eigenvalue weighted by Gasteiger charge is 2.35. The fourth-order valence-corrected chi connectivity index (χ4v) is 4.87. The Morgan fingerprint density at radius 3 is 2.15 bits per heavy atom. The molecule has 33 heavy (non-hydrogen) atoms. The molecule has 3 nitrogen and oxygen atoms in total. The van der Waals surface area contributed by atoms with E-state index < -0.39 is 5.97 Å². The van der Waals surface area contributed by atoms with Gasteiger partial charge in [0, 0.05) is 22.4 Å². The molecule has 0 amide bonds. The van der Waals surface area contributed by atoms with Gasteiger partial charge < -0.3 is 10.0 Å². The van der Waals surface area contributed by atoms with Gasteiger partial charge in [0.1, 0.15) is 0 Å². The molecule has 0 spiro atoms. The van der Waals surface area contributed by atoms with Gasteiger partial charge in [-0.2, -0.15) is 0 Å². The minimum Gasteiger partial charge on any atom is -0.478 e. The van der Waals surface area contributed by atoms with Crippen molar-refractivity contribution in [3.63, 3.8) is 0 Å². The van der Waals surface area contributed by atoms with Crippen LogP contribution < -0.4 is 4.90 Å². The molecule has 0 saturated heterocycles. The number of fused-ring (bicyclic) bond motifs is 3. The van der Waals surface area contributed by atoms with Gasteiger partial charge >= 0.3 is 5.97 Å². The number of anilines is 3. The summed E-state index contributed by atoms with van der Waals surface area (Å²) >= 11 is 0. The fraction of sp³-hybridized carbons (Fsp3) is 0.100. The molecule has 4 aromatic carbocycles. The highest BCUT2D eigenvalue weighted by molar-refractivity contribution is 6.16. The van der Waals surface area contributed by atoms with E-state index in [1.165, 1.54) is 22.3 Å². The van der Waals surface area contributed by atoms with E-state index in [0.717, 1.165) is 17.1 Å². The summed E-state index contributed by atoms with van der Waals surface area (Å²) in [5, 5.41) is 9.66. The minimum atomic E-state index is -1.03. The maximum absolute atomic E-state index is 11.8. The third-order valence-corrected chi connectivity index (χ3v) is 6.57. The Morgan fingerprint density at radius 2 is 1.39 bits per heavy atom. The van der Waals surface area contributed by atoms with Crippen molar-refractivity contribution >= 4 is 28.6 Å². The molecule has 0 heterocycles. The van der Waals surface area contributed by atoms with Crippen LogP contribution in [0.5, 0.6) is 0 Å². The summed E-state index contributed by atoms with van der Waals surface area (Å²) in [5.74, 6) is -1.03. The Labute approximate surface area is 194 Å². The summed E-state index contributed by atoms with van der Waals surface area (Å²) in [6, 6.07) is 32.7. The normalized spacial score (nSPS) is 13.2. The second-order valence-corrected chi connectivity index (χ2v) is 8.87. The number of carboxylic acid groups (broad SMARTS) is 1. The van der Waals surface area contributed by atoms with E-state index in [1.807, 2.05) is 54.6 Å². The first-order valence-corrected chi connectivity index (χ1v) is 11.0. The van der Waals surface area contributed by atoms with E-state index >= 15 is 0 Å². The molecule has 0 aliphatic heterocycles. The van der Waals surface area contributed by atoms with Gasteiger partial charge in [0.25, 0.3) is 0 Å². The van der Waals surface area contributed by atoms with Crippen LogP contribution in [0.4, 0.5) is 17.1 Å². The van der Waals surface area contributed by atoms with Gasteiger partial charge in [-0.15, -0.1) is 0 Å². The van der Waals surface area contributed by atoms with Gasteiger partial charge in [-0.3, -0.25) is 0 Å². The first kappa shape index (κ1) is 20.8. The van der Waals surface area contributed by atoms with E-state index in [4.69, 9.17) is 0 Å². The molecule has 1 aliphatic rings. The number of benzene rings is 4. The number of carbonyl (C=O) groups is 1. The Bertz CT molecular complexity index is 1390. The number of hydrogen-bond acceptors (Lipinski definition) is 2. The van der Waals surface area contributed by atoms with Gasteiger partial charge in [-0.25, -0.2) is 4.79 Å². The summed E-state index contributed by atoms with van der Waals surface area (Å²) in [6.45, 7) is 8.35. The Hall–Kier alpha value is -4.11. The summed E-state index contributed by atoms with van der Waals surface area (Å²) in [4.78, 5) is 13.9. The molecule has 3 heteroatoms. The van der Waals surface area contributed by atoms with E-state index in [9.17, 15) is 9.90 Å². The molecule has 0 radical (unpaired) electrons. The van der Waals surface area contributed by atoms with Gasteiger partial charge in [0.15, 0.2) is 0 Å². The lowest BCUT2D eigenvalue weighted by Crippen LogP contribution is -2.17. The van der Waals surface area contributed by atoms with E-state index in [-0.39, 0.29) is 11.0 Å². The second-order valence-electron chi connectivity index (χ2n) is 8.87. The van der Waals surface area contributed by atoms with Gasteiger partial charge in [0.05, 0.1) is 11.3 Å². The number of rotatable bonds is 5. The minimum absolute atomic E-state index is 0.0698. The van der Waals surface area contributed by atoms with Crippen LogP contribution >= 0.6 is 0 Å². The van der Waals surface area contributed by atoms with Crippen molar-refractivity contribution in [2.75, 3.05) is 4.90 Å². The lowest BCUT2D eigenvalue weighted by molar-refractivity contribution is -0.130. The predicted octanol–water partition coefficient (Wildman–Crippen LogP) is 7.56. The van der Waals surface area contributed by atoms with Crippen molar-refractivity contribution < 1.29 is 9.90 Å². The van der Waals surface area contributed by atoms with Crippen LogP contribution in [0.3, 0.4) is 0 Å². The smallest absolute Gasteiger partial charge is 0.335 e. The summed E-state index contributed by atoms with van der Waals surface area (Å²) in [6.07, 6.45) is 0. The molecule has 1 N–H and O–H groups in total. The zero-order chi connectivity index (χ0) is 23.2. The van der Waals surface area contributed by atoms with E-state index in [0.29, 0.717) is 5.56 Å². The maximum Gasteiger partial charge on any atom is 0.335 e. The van der Waals surface area contributed by atoms with Crippen LogP contribution in [0.15, 0.2) is 104 Å². The van der Waals surface area contributed by atoms with Crippen LogP contribution in [-0.2, 0) is 10.2 Å². The van der Waals surface area contributed by atoms with Crippen LogP contribution in [-0.4, -0.2) is 11.1 Å². The zero-order valence-electron chi connectivity index (χ0n) is 18.7. The van der Waals surface area contributed by atoms with Crippen molar-refractivity contribution in [2.24, 2.45) is 0 Å². The molecule has 0 atom stereocenters. The summed E-state index contributed by atoms with van der Waals surface area (Å²) in [5.41, 5.74) is 8.35. The maximum atomic E-state index is 11.8. The van der Waals surface area contributed by atoms with Crippen LogP contribution in [0, 0.1) is 0 Å². The molecule has 0 unspecified atom stereocenters. The molecular formula is C30H25NO2. The summed E-state index contributed by atoms with van der Waals surface area (Å²) in [7, 11) is 0. The number of carboxylic acids is 1. The Balaban J connectivity index is 1.73. The van der Waals surface area contributed by atoms with Crippen LogP contribution in [0.1, 0.15) is 30.5 Å². The average molecular weight is 432 g/mol. The van der Waals surface area contributed by atoms with E-state index in [1.54, 1.807) is 0 Å². The van der Waals surface area contributed by atoms with Crippen LogP contribution in [0.25, 0.3) is 16.7 Å². The SMILES string of the molecule is C=C(C(=O)O)c1ccccc1N(c1ccccc1)c1ccc2c(c1)C(C)(C)c1ccccc1-2. The first-order chi connectivity index (χ1) is 15.9. The average Bonchev–Trinajstić information content (AvgIpc) is 3.07. The van der Waals surface area contributed by atoms with Gasteiger partial charge in [0.2, 0.25) is 0 Å². The van der Waals surface area contributed by atoms with Crippen molar-refractivity contribution in [2.45, 2.75) is 19.3 Å². The Morgan fingerprint density at radius 1 is 0.758 bits per heavy atom. The lowest BCUT2D eigenvalue weighted by atomic mass is 9.82. The van der Waals surface area contributed by atoms with Crippen molar-refractivity contribution in [1.82, 2.24) is 0 Å². The molecule has 0 aromatic heterocycles. The monoisotopic (exact) mass is 431 g/mol. The molecule has 0 bridgehead atoms. The third kappa shape index (κ3) is 3.33. The Kier molecular flexibility index (Phi) is 4.90. The molecule has 4 aromatic rings. The standard InChI is InChI=1S/C30H25NO2/c1-20(29(32)33)23-13-8-10-16-28(23)31(21-11-5-4-6-12-21)22-17-18-25-24-14-7-9-15-26(24)30(2,3)27(25)19-22/h4-19H,1H2,2-3H3,(H,32,33). The predicted molar refractivity (Wildman–Crippen MR) is 135 cm³/mol. The topological polar surface area (TPSA) is 40.5 Å². The van der Waals surface area contributed by atoms with Gasteiger partial charge in [-0.1, -0.05) is 87.2 Å². The zero-order valence-corrected chi connectivity index (χ0v) is 18.7. The third-order valence-electron chi connectivity index (χ3n) is 6.57. The lowest BCUT2D eigenvalue weighted by Gasteiger charge is -2.29. The number of para-hydroxylation sites is 2. The number of nitrogens with zero attached hydrogens (tertiary/aromatic N) is 1. The van der Waals surface area contributed by atoms with Crippen molar-refractivity contribution in [3.8, 4) is 11.1 Å². The molecule has 0 fully saturated rings. The van der Waals surface area contributed by atoms with Gasteiger partial charge in [-0.05, 0) is 52.6 Å². The van der Waals surface area contributed by atoms with E-state index in [2.05, 4.69) is 67.8 Å². The number of hydrogen-bond donors (Lipinski definition) is 1. The molecule has 5 rings (SSSR count). The quantitative estimate of drug-likeness (QED) is 0.331. The molecule has 162 valence electrons. The largest absolute Gasteiger partial charge is 0.478 e. The van der Waals surface area contributed by atoms with Crippen molar-refractivity contribution in [3.05, 3.63) is 120 Å². The van der Waals surface area contributed by atoms with Crippen molar-refractivity contribution in [1.29, 1.82) is 0 Å². The highest BCUT2D eigenvalue weighted by Crippen LogP contribution is 2.50. The second kappa shape index (κ2) is 7.79. The fourth-order valence-electron chi connectivity index (χ4n) is 4.87. The molecular weight excluding hydrogens is 406 g/mol. The molecule has 0 saturated carbocycles. The number of aliphatic carboxylic acids is 1. The first-order valence-electron chi connectivity index (χ1n) is 11.0. The molecule has 1 aliphatic carbocycles. The van der Waals surface area contributed by atoms with Crippen LogP contribution in [0.2, 0.25) is 0 Å². The summed E-state index contributed by atoms with van der Waals surface area (Å²) < 4.78 is 0. The highest BCUT2D eigenvalue weighted by atomic mass is 16.4.